The monoisotopic (exact) mass is 358 g/mol. The van der Waals surface area contributed by atoms with E-state index in [-0.39, 0.29) is 18.0 Å². The van der Waals surface area contributed by atoms with E-state index in [0.717, 1.165) is 18.7 Å². The van der Waals surface area contributed by atoms with Crippen LogP contribution in [-0.2, 0) is 4.79 Å². The van der Waals surface area contributed by atoms with Crippen LogP contribution in [0.15, 0.2) is 24.3 Å². The zero-order valence-corrected chi connectivity index (χ0v) is 15.7. The van der Waals surface area contributed by atoms with Gasteiger partial charge in [0.25, 0.3) is 0 Å². The number of anilines is 1. The number of nitrogens with one attached hydrogen (secondary N) is 2. The van der Waals surface area contributed by atoms with Crippen LogP contribution in [-0.4, -0.2) is 55.6 Å². The van der Waals surface area contributed by atoms with E-state index in [1.54, 1.807) is 4.90 Å². The van der Waals surface area contributed by atoms with Crippen molar-refractivity contribution in [3.8, 4) is 0 Å². The Balaban J connectivity index is 1.36. The van der Waals surface area contributed by atoms with Gasteiger partial charge in [0.2, 0.25) is 5.91 Å². The van der Waals surface area contributed by atoms with Gasteiger partial charge in [0, 0.05) is 25.2 Å². The molecule has 2 aliphatic heterocycles. The van der Waals surface area contributed by atoms with Crippen molar-refractivity contribution in [1.82, 2.24) is 15.5 Å². The first-order chi connectivity index (χ1) is 12.6. The van der Waals surface area contributed by atoms with E-state index in [0.29, 0.717) is 19.5 Å². The number of piperidine rings is 1. The largest absolute Gasteiger partial charge is 0.338 e. The highest BCUT2D eigenvalue weighted by Crippen LogP contribution is 2.21. The van der Waals surface area contributed by atoms with E-state index >= 15 is 0 Å². The summed E-state index contributed by atoms with van der Waals surface area (Å²) in [5.41, 5.74) is 2.06. The molecule has 3 amide bonds. The normalized spacial score (nSPS) is 21.0. The van der Waals surface area contributed by atoms with Crippen molar-refractivity contribution < 1.29 is 9.59 Å². The summed E-state index contributed by atoms with van der Waals surface area (Å²) in [7, 11) is 0. The number of benzene rings is 1. The number of carbonyl (C=O) groups excluding carboxylic acids is 2. The maximum atomic E-state index is 12.2. The molecule has 6 heteroatoms. The van der Waals surface area contributed by atoms with Gasteiger partial charge in [-0.1, -0.05) is 24.1 Å². The number of urea groups is 1. The van der Waals surface area contributed by atoms with E-state index in [9.17, 15) is 9.59 Å². The van der Waals surface area contributed by atoms with Crippen molar-refractivity contribution in [2.45, 2.75) is 45.1 Å². The second kappa shape index (κ2) is 9.03. The molecule has 0 saturated carbocycles. The Kier molecular flexibility index (Phi) is 6.50. The van der Waals surface area contributed by atoms with Crippen LogP contribution in [0.25, 0.3) is 0 Å². The van der Waals surface area contributed by atoms with Crippen LogP contribution in [0.2, 0.25) is 0 Å². The number of amides is 3. The minimum Gasteiger partial charge on any atom is -0.338 e. The number of rotatable bonds is 6. The van der Waals surface area contributed by atoms with Gasteiger partial charge >= 0.3 is 6.03 Å². The molecule has 26 heavy (non-hydrogen) atoms. The summed E-state index contributed by atoms with van der Waals surface area (Å²) >= 11 is 0. The molecular formula is C20H30N4O2. The lowest BCUT2D eigenvalue weighted by molar-refractivity contribution is -0.117. The van der Waals surface area contributed by atoms with Gasteiger partial charge < -0.3 is 20.4 Å². The SMILES string of the molecule is Cc1ccc(N2C[C@@H](NC(=O)NCCCN3CCCCC3)CC2=O)cc1. The van der Waals surface area contributed by atoms with E-state index in [2.05, 4.69) is 15.5 Å². The molecule has 3 rings (SSSR count). The molecule has 0 aliphatic carbocycles. The molecule has 1 atom stereocenters. The van der Waals surface area contributed by atoms with Gasteiger partial charge in [-0.05, 0) is 58.0 Å². The van der Waals surface area contributed by atoms with Crippen molar-refractivity contribution >= 4 is 17.6 Å². The first-order valence-electron chi connectivity index (χ1n) is 9.75. The van der Waals surface area contributed by atoms with Gasteiger partial charge in [-0.25, -0.2) is 4.79 Å². The summed E-state index contributed by atoms with van der Waals surface area (Å²) in [6.45, 7) is 6.64. The van der Waals surface area contributed by atoms with Crippen molar-refractivity contribution in [1.29, 1.82) is 0 Å². The molecule has 0 aromatic heterocycles. The molecule has 1 aromatic rings. The van der Waals surface area contributed by atoms with Gasteiger partial charge in [-0.2, -0.15) is 0 Å². The van der Waals surface area contributed by atoms with Crippen LogP contribution in [0.4, 0.5) is 10.5 Å². The van der Waals surface area contributed by atoms with Crippen molar-refractivity contribution in [3.05, 3.63) is 29.8 Å². The second-order valence-corrected chi connectivity index (χ2v) is 7.40. The Bertz CT molecular complexity index is 611. The molecule has 0 spiro atoms. The molecule has 2 saturated heterocycles. The average Bonchev–Trinajstić information content (AvgIpc) is 3.00. The molecule has 142 valence electrons. The zero-order valence-electron chi connectivity index (χ0n) is 15.7. The smallest absolute Gasteiger partial charge is 0.315 e. The van der Waals surface area contributed by atoms with E-state index in [1.807, 2.05) is 31.2 Å². The lowest BCUT2D eigenvalue weighted by Gasteiger charge is -2.26. The fourth-order valence-corrected chi connectivity index (χ4v) is 3.70. The predicted octanol–water partition coefficient (Wildman–Crippen LogP) is 2.28. The zero-order chi connectivity index (χ0) is 18.4. The van der Waals surface area contributed by atoms with Gasteiger partial charge in [-0.3, -0.25) is 4.79 Å². The highest BCUT2D eigenvalue weighted by Gasteiger charge is 2.31. The van der Waals surface area contributed by atoms with Gasteiger partial charge in [-0.15, -0.1) is 0 Å². The van der Waals surface area contributed by atoms with Crippen LogP contribution in [0, 0.1) is 6.92 Å². The highest BCUT2D eigenvalue weighted by molar-refractivity contribution is 5.96. The van der Waals surface area contributed by atoms with Crippen LogP contribution < -0.4 is 15.5 Å². The second-order valence-electron chi connectivity index (χ2n) is 7.40. The Morgan fingerprint density at radius 3 is 2.62 bits per heavy atom. The van der Waals surface area contributed by atoms with E-state index < -0.39 is 0 Å². The molecule has 0 radical (unpaired) electrons. The number of hydrogen-bond acceptors (Lipinski definition) is 3. The molecule has 0 unspecified atom stereocenters. The third-order valence-corrected chi connectivity index (χ3v) is 5.19. The Morgan fingerprint density at radius 2 is 1.88 bits per heavy atom. The van der Waals surface area contributed by atoms with E-state index in [1.165, 1.54) is 37.9 Å². The fraction of sp³-hybridized carbons (Fsp3) is 0.600. The summed E-state index contributed by atoms with van der Waals surface area (Å²) in [6.07, 6.45) is 5.25. The number of aryl methyl sites for hydroxylation is 1. The highest BCUT2D eigenvalue weighted by atomic mass is 16.2. The topological polar surface area (TPSA) is 64.7 Å². The first-order valence-corrected chi connectivity index (χ1v) is 9.75. The predicted molar refractivity (Wildman–Crippen MR) is 103 cm³/mol. The quantitative estimate of drug-likeness (QED) is 0.767. The van der Waals surface area contributed by atoms with Gasteiger partial charge in [0.1, 0.15) is 0 Å². The lowest BCUT2D eigenvalue weighted by Crippen LogP contribution is -2.44. The van der Waals surface area contributed by atoms with Crippen molar-refractivity contribution in [2.24, 2.45) is 0 Å². The number of likely N-dealkylation sites (tertiary alicyclic amines) is 1. The summed E-state index contributed by atoms with van der Waals surface area (Å²) in [5.74, 6) is 0.0595. The molecule has 0 bridgehead atoms. The molecule has 6 nitrogen and oxygen atoms in total. The third kappa shape index (κ3) is 5.21. The van der Waals surface area contributed by atoms with Crippen LogP contribution >= 0.6 is 0 Å². The molecule has 2 aliphatic rings. The van der Waals surface area contributed by atoms with Gasteiger partial charge in [0.15, 0.2) is 0 Å². The molecule has 2 N–H and O–H groups in total. The first kappa shape index (κ1) is 18.7. The maximum absolute atomic E-state index is 12.2. The van der Waals surface area contributed by atoms with Crippen LogP contribution in [0.1, 0.15) is 37.7 Å². The third-order valence-electron chi connectivity index (χ3n) is 5.19. The standard InChI is InChI=1S/C20H30N4O2/c1-16-6-8-18(9-7-16)24-15-17(14-19(24)25)22-20(26)21-10-5-13-23-11-3-2-4-12-23/h6-9,17H,2-5,10-15H2,1H3,(H2,21,22,26)/t17-/m0/s1. The summed E-state index contributed by atoms with van der Waals surface area (Å²) in [4.78, 5) is 28.5. The maximum Gasteiger partial charge on any atom is 0.315 e. The minimum atomic E-state index is -0.174. The number of carbonyl (C=O) groups is 2. The average molecular weight is 358 g/mol. The molecular weight excluding hydrogens is 328 g/mol. The molecule has 2 fully saturated rings. The fourth-order valence-electron chi connectivity index (χ4n) is 3.70. The Hall–Kier alpha value is -2.08. The Morgan fingerprint density at radius 1 is 1.15 bits per heavy atom. The molecule has 1 aromatic carbocycles. The van der Waals surface area contributed by atoms with Gasteiger partial charge in [0.05, 0.1) is 6.04 Å². The van der Waals surface area contributed by atoms with E-state index in [4.69, 9.17) is 0 Å². The Labute approximate surface area is 155 Å². The van der Waals surface area contributed by atoms with Crippen LogP contribution in [0.3, 0.4) is 0 Å². The van der Waals surface area contributed by atoms with Crippen LogP contribution in [0.5, 0.6) is 0 Å². The molecule has 2 heterocycles. The number of nitrogens with zero attached hydrogens (tertiary/aromatic N) is 2. The lowest BCUT2D eigenvalue weighted by atomic mass is 10.1. The summed E-state index contributed by atoms with van der Waals surface area (Å²) in [5, 5.41) is 5.85. The summed E-state index contributed by atoms with van der Waals surface area (Å²) < 4.78 is 0. The summed E-state index contributed by atoms with van der Waals surface area (Å²) in [6, 6.07) is 7.60. The van der Waals surface area contributed by atoms with Crippen molar-refractivity contribution in [2.75, 3.05) is 37.6 Å². The van der Waals surface area contributed by atoms with Crippen molar-refractivity contribution in [3.63, 3.8) is 0 Å². The number of hydrogen-bond donors (Lipinski definition) is 2. The minimum absolute atomic E-state index is 0.0595.